The average Bonchev–Trinajstić information content (AvgIpc) is 3.25. The Morgan fingerprint density at radius 1 is 1.09 bits per heavy atom. The Bertz CT molecular complexity index is 1350. The maximum absolute atomic E-state index is 11.3. The van der Waals surface area contributed by atoms with Gasteiger partial charge in [0.25, 0.3) is 0 Å². The zero-order chi connectivity index (χ0) is 24.7. The summed E-state index contributed by atoms with van der Waals surface area (Å²) in [5, 5.41) is 0. The van der Waals surface area contributed by atoms with Gasteiger partial charge in [-0.25, -0.2) is 18.4 Å². The van der Waals surface area contributed by atoms with Gasteiger partial charge in [-0.2, -0.15) is 0 Å². The van der Waals surface area contributed by atoms with E-state index in [4.69, 9.17) is 9.47 Å². The number of aryl methyl sites for hydroxylation is 2. The highest BCUT2D eigenvalue weighted by atomic mass is 32.2. The van der Waals surface area contributed by atoms with Crippen LogP contribution in [0.15, 0.2) is 42.6 Å². The summed E-state index contributed by atoms with van der Waals surface area (Å²) in [5.74, 6) is 3.65. The largest absolute Gasteiger partial charge is 0.478 e. The lowest BCUT2D eigenvalue weighted by Crippen LogP contribution is -2.09. The molecule has 2 unspecified atom stereocenters. The topological polar surface area (TPSA) is 78.4 Å². The second kappa shape index (κ2) is 9.26. The molecule has 3 atom stereocenters. The Balaban J connectivity index is 1.24. The lowest BCUT2D eigenvalue weighted by atomic mass is 9.98. The number of hydrogen-bond donors (Lipinski definition) is 0. The van der Waals surface area contributed by atoms with Gasteiger partial charge in [0, 0.05) is 35.8 Å². The molecule has 0 saturated heterocycles. The number of benzene rings is 1. The summed E-state index contributed by atoms with van der Waals surface area (Å²) in [6, 6.07) is 12.3. The second-order valence-electron chi connectivity index (χ2n) is 10.0. The van der Waals surface area contributed by atoms with Crippen molar-refractivity contribution in [1.82, 2.24) is 9.97 Å². The van der Waals surface area contributed by atoms with E-state index >= 15 is 0 Å². The maximum Gasteiger partial charge on any atom is 0.213 e. The molecule has 1 saturated carbocycles. The van der Waals surface area contributed by atoms with E-state index in [1.54, 1.807) is 0 Å². The summed E-state index contributed by atoms with van der Waals surface area (Å²) >= 11 is 0. The minimum atomic E-state index is -2.98. The molecule has 184 valence electrons. The number of sulfone groups is 1. The van der Waals surface area contributed by atoms with Gasteiger partial charge in [0.2, 0.25) is 11.8 Å². The number of pyridine rings is 2. The van der Waals surface area contributed by atoms with Gasteiger partial charge in [0.1, 0.15) is 16.4 Å². The smallest absolute Gasteiger partial charge is 0.213 e. The van der Waals surface area contributed by atoms with Gasteiger partial charge in [0.15, 0.2) is 0 Å². The van der Waals surface area contributed by atoms with Crippen LogP contribution in [0.4, 0.5) is 0 Å². The molecular formula is C28H32N2O4S. The highest BCUT2D eigenvalue weighted by Crippen LogP contribution is 2.61. The fourth-order valence-corrected chi connectivity index (χ4v) is 6.09. The molecule has 0 amide bonds. The van der Waals surface area contributed by atoms with Crippen molar-refractivity contribution in [3.63, 3.8) is 0 Å². The van der Waals surface area contributed by atoms with Gasteiger partial charge in [-0.15, -0.1) is 0 Å². The van der Waals surface area contributed by atoms with Gasteiger partial charge in [-0.05, 0) is 78.3 Å². The van der Waals surface area contributed by atoms with Gasteiger partial charge in [-0.1, -0.05) is 25.1 Å². The Morgan fingerprint density at radius 3 is 2.69 bits per heavy atom. The van der Waals surface area contributed by atoms with Crippen molar-refractivity contribution in [2.24, 2.45) is 11.8 Å². The van der Waals surface area contributed by atoms with Crippen LogP contribution in [0.25, 0.3) is 11.1 Å². The molecule has 2 aromatic heterocycles. The molecular weight excluding hydrogens is 460 g/mol. The number of fused-ring (bicyclic) bond motifs is 3. The number of hydrogen-bond acceptors (Lipinski definition) is 6. The van der Waals surface area contributed by atoms with Crippen LogP contribution in [0, 0.1) is 25.7 Å². The standard InChI is InChI=1S/C28H32N2O4S/c1-17-11-26(33-9-6-10-35(4,31)32)30-19(3)27(17)21-8-5-7-20(12-21)16-34-25-14-22-13-23-18(2)28(23)24(22)15-29-25/h5,7-8,11-12,14-15,18,23,28H,6,9-10,13,16H2,1-4H3/t18-,23?,28?/m0/s1. The Hall–Kier alpha value is -2.93. The quantitative estimate of drug-likeness (QED) is 0.389. The van der Waals surface area contributed by atoms with E-state index in [-0.39, 0.29) is 5.75 Å². The molecule has 1 fully saturated rings. The third kappa shape index (κ3) is 5.20. The fourth-order valence-electron chi connectivity index (χ4n) is 5.45. The normalized spacial score (nSPS) is 20.3. The maximum atomic E-state index is 11.3. The third-order valence-corrected chi connectivity index (χ3v) is 8.29. The van der Waals surface area contributed by atoms with Crippen LogP contribution in [0.2, 0.25) is 0 Å². The first-order chi connectivity index (χ1) is 16.7. The summed E-state index contributed by atoms with van der Waals surface area (Å²) < 4.78 is 34.3. The molecule has 0 bridgehead atoms. The van der Waals surface area contributed by atoms with Gasteiger partial charge in [0.05, 0.1) is 12.4 Å². The van der Waals surface area contributed by atoms with Crippen LogP contribution >= 0.6 is 0 Å². The van der Waals surface area contributed by atoms with Crippen LogP contribution in [0.3, 0.4) is 0 Å². The highest BCUT2D eigenvalue weighted by molar-refractivity contribution is 7.90. The third-order valence-electron chi connectivity index (χ3n) is 7.26. The van der Waals surface area contributed by atoms with E-state index in [1.165, 1.54) is 17.4 Å². The zero-order valence-corrected chi connectivity index (χ0v) is 21.6. The molecule has 5 rings (SSSR count). The molecule has 35 heavy (non-hydrogen) atoms. The number of aromatic nitrogens is 2. The first-order valence-corrected chi connectivity index (χ1v) is 14.3. The second-order valence-corrected chi connectivity index (χ2v) is 12.3. The lowest BCUT2D eigenvalue weighted by molar-refractivity contribution is 0.293. The van der Waals surface area contributed by atoms with Crippen LogP contribution < -0.4 is 9.47 Å². The van der Waals surface area contributed by atoms with Gasteiger partial charge < -0.3 is 9.47 Å². The molecule has 2 heterocycles. The van der Waals surface area contributed by atoms with Crippen LogP contribution in [-0.4, -0.2) is 37.0 Å². The monoisotopic (exact) mass is 492 g/mol. The van der Waals surface area contributed by atoms with Crippen molar-refractivity contribution < 1.29 is 17.9 Å². The van der Waals surface area contributed by atoms with E-state index in [0.717, 1.165) is 46.2 Å². The highest BCUT2D eigenvalue weighted by Gasteiger charge is 2.52. The molecule has 0 N–H and O–H groups in total. The van der Waals surface area contributed by atoms with E-state index in [9.17, 15) is 8.42 Å². The molecule has 0 spiro atoms. The van der Waals surface area contributed by atoms with Crippen molar-refractivity contribution in [3.8, 4) is 22.9 Å². The molecule has 3 aromatic rings. The van der Waals surface area contributed by atoms with Crippen LogP contribution in [0.5, 0.6) is 11.8 Å². The van der Waals surface area contributed by atoms with Gasteiger partial charge in [-0.3, -0.25) is 0 Å². The van der Waals surface area contributed by atoms with Crippen molar-refractivity contribution >= 4 is 9.84 Å². The first kappa shape index (κ1) is 23.8. The van der Waals surface area contributed by atoms with E-state index < -0.39 is 9.84 Å². The molecule has 6 nitrogen and oxygen atoms in total. The van der Waals surface area contributed by atoms with E-state index in [2.05, 4.69) is 41.2 Å². The molecule has 0 aliphatic heterocycles. The first-order valence-electron chi connectivity index (χ1n) is 12.2. The van der Waals surface area contributed by atoms with Gasteiger partial charge >= 0.3 is 0 Å². The summed E-state index contributed by atoms with van der Waals surface area (Å²) in [7, 11) is -2.98. The molecule has 7 heteroatoms. The van der Waals surface area contributed by atoms with Crippen molar-refractivity contribution in [2.45, 2.75) is 46.1 Å². The van der Waals surface area contributed by atoms with Crippen molar-refractivity contribution in [3.05, 3.63) is 70.5 Å². The zero-order valence-electron chi connectivity index (χ0n) is 20.7. The predicted molar refractivity (Wildman–Crippen MR) is 137 cm³/mol. The number of ether oxygens (including phenoxy) is 2. The Kier molecular flexibility index (Phi) is 6.30. The predicted octanol–water partition coefficient (Wildman–Crippen LogP) is 5.06. The van der Waals surface area contributed by atoms with E-state index in [1.807, 2.05) is 32.2 Å². The summed E-state index contributed by atoms with van der Waals surface area (Å²) in [5.41, 5.74) is 7.95. The van der Waals surface area contributed by atoms with Crippen molar-refractivity contribution in [1.29, 1.82) is 0 Å². The molecule has 2 aliphatic carbocycles. The van der Waals surface area contributed by atoms with Crippen LogP contribution in [-0.2, 0) is 22.9 Å². The summed E-state index contributed by atoms with van der Waals surface area (Å²) in [4.78, 5) is 9.16. The van der Waals surface area contributed by atoms with Crippen molar-refractivity contribution in [2.75, 3.05) is 18.6 Å². The fraction of sp³-hybridized carbons (Fsp3) is 0.429. The minimum Gasteiger partial charge on any atom is -0.478 e. The number of rotatable bonds is 9. The molecule has 0 radical (unpaired) electrons. The molecule has 2 aliphatic rings. The summed E-state index contributed by atoms with van der Waals surface area (Å²) in [6.07, 6.45) is 4.84. The lowest BCUT2D eigenvalue weighted by Gasteiger charge is -2.14. The summed E-state index contributed by atoms with van der Waals surface area (Å²) in [6.45, 7) is 7.11. The SMILES string of the molecule is Cc1cc(OCCCS(C)(=O)=O)nc(C)c1-c1cccc(COc2cc3c(cn2)C2C(C3)[C@@H]2C)c1. The number of nitrogens with zero attached hydrogens (tertiary/aromatic N) is 2. The molecule has 1 aromatic carbocycles. The van der Waals surface area contributed by atoms with E-state index in [0.29, 0.717) is 37.3 Å². The van der Waals surface area contributed by atoms with Crippen LogP contribution in [0.1, 0.15) is 47.2 Å². The Labute approximate surface area is 207 Å². The Morgan fingerprint density at radius 2 is 1.91 bits per heavy atom. The minimum absolute atomic E-state index is 0.110. The average molecular weight is 493 g/mol.